The Morgan fingerprint density at radius 1 is 1.32 bits per heavy atom. The first-order chi connectivity index (χ1) is 8.90. The molecule has 0 aliphatic heterocycles. The lowest BCUT2D eigenvalue weighted by atomic mass is 10.1. The summed E-state index contributed by atoms with van der Waals surface area (Å²) in [6.45, 7) is 0. The smallest absolute Gasteiger partial charge is 0.399 e. The maximum absolute atomic E-state index is 12.7. The van der Waals surface area contributed by atoms with Crippen molar-refractivity contribution in [1.82, 2.24) is 10.1 Å². The summed E-state index contributed by atoms with van der Waals surface area (Å²) < 4.78 is 42.9. The van der Waals surface area contributed by atoms with E-state index in [0.717, 1.165) is 12.1 Å². The van der Waals surface area contributed by atoms with Gasteiger partial charge in [-0.25, -0.2) is 0 Å². The third-order valence-corrected chi connectivity index (χ3v) is 2.82. The Morgan fingerprint density at radius 2 is 2.05 bits per heavy atom. The summed E-state index contributed by atoms with van der Waals surface area (Å²) in [5, 5.41) is 3.67. The highest BCUT2D eigenvalue weighted by Gasteiger charge is 2.31. The van der Waals surface area contributed by atoms with Crippen molar-refractivity contribution < 1.29 is 17.7 Å². The summed E-state index contributed by atoms with van der Waals surface area (Å²) in [6.07, 6.45) is -2.61. The Labute approximate surface area is 111 Å². The minimum Gasteiger partial charge on any atom is -0.399 e. The van der Waals surface area contributed by atoms with Crippen LogP contribution < -0.4 is 5.73 Å². The van der Waals surface area contributed by atoms with Crippen molar-refractivity contribution in [1.29, 1.82) is 0 Å². The number of hydrogen-bond acceptors (Lipinski definition) is 5. The maximum atomic E-state index is 12.7. The lowest BCUT2D eigenvalue weighted by Crippen LogP contribution is -2.06. The normalized spacial score (nSPS) is 11.8. The minimum atomic E-state index is -4.47. The molecule has 0 bridgehead atoms. The molecule has 0 unspecified atom stereocenters. The van der Waals surface area contributed by atoms with Gasteiger partial charge in [0.25, 0.3) is 5.89 Å². The molecule has 1 aromatic carbocycles. The standard InChI is InChI=1S/C11H10F3N3OS/c1-19-5-9-16-10(18-17-9)6-2-7(11(12,13)14)4-8(15)3-6/h2-4H,5,15H2,1H3. The second kappa shape index (κ2) is 5.12. The Balaban J connectivity index is 2.41. The first-order valence-corrected chi connectivity index (χ1v) is 6.59. The second-order valence-electron chi connectivity index (χ2n) is 3.79. The largest absolute Gasteiger partial charge is 0.416 e. The number of nitrogens with zero attached hydrogens (tertiary/aromatic N) is 2. The van der Waals surface area contributed by atoms with Crippen LogP contribution in [-0.4, -0.2) is 16.4 Å². The quantitative estimate of drug-likeness (QED) is 0.879. The molecule has 0 spiro atoms. The summed E-state index contributed by atoms with van der Waals surface area (Å²) in [6, 6.07) is 3.17. The molecule has 1 aromatic heterocycles. The van der Waals surface area contributed by atoms with Crippen LogP contribution >= 0.6 is 11.8 Å². The fraction of sp³-hybridized carbons (Fsp3) is 0.273. The number of nitrogens with two attached hydrogens (primary N) is 1. The zero-order valence-corrected chi connectivity index (χ0v) is 10.7. The molecule has 8 heteroatoms. The van der Waals surface area contributed by atoms with Gasteiger partial charge >= 0.3 is 6.18 Å². The van der Waals surface area contributed by atoms with Gasteiger partial charge in [-0.1, -0.05) is 5.16 Å². The lowest BCUT2D eigenvalue weighted by molar-refractivity contribution is -0.137. The molecule has 19 heavy (non-hydrogen) atoms. The average Bonchev–Trinajstić information content (AvgIpc) is 2.76. The van der Waals surface area contributed by atoms with Gasteiger partial charge in [-0.15, -0.1) is 0 Å². The Bertz CT molecular complexity index is 583. The third kappa shape index (κ3) is 3.19. The topological polar surface area (TPSA) is 64.9 Å². The van der Waals surface area contributed by atoms with Crippen LogP contribution in [0, 0.1) is 0 Å². The molecule has 0 saturated carbocycles. The summed E-state index contributed by atoms with van der Waals surface area (Å²) in [4.78, 5) is 4.01. The van der Waals surface area contributed by atoms with E-state index in [0.29, 0.717) is 11.6 Å². The number of nitrogen functional groups attached to an aromatic ring is 1. The van der Waals surface area contributed by atoms with Gasteiger partial charge in [0.15, 0.2) is 5.82 Å². The molecule has 2 rings (SSSR count). The zero-order chi connectivity index (χ0) is 14.0. The van der Waals surface area contributed by atoms with Gasteiger partial charge in [0.05, 0.1) is 11.3 Å². The maximum Gasteiger partial charge on any atom is 0.416 e. The third-order valence-electron chi connectivity index (χ3n) is 2.27. The predicted molar refractivity (Wildman–Crippen MR) is 66.4 cm³/mol. The predicted octanol–water partition coefficient (Wildman–Crippen LogP) is 3.20. The van der Waals surface area contributed by atoms with Crippen molar-refractivity contribution in [2.24, 2.45) is 0 Å². The Hall–Kier alpha value is -1.70. The van der Waals surface area contributed by atoms with Gasteiger partial charge in [0.1, 0.15) is 0 Å². The lowest BCUT2D eigenvalue weighted by Gasteiger charge is -2.08. The van der Waals surface area contributed by atoms with Gasteiger partial charge in [-0.2, -0.15) is 29.9 Å². The highest BCUT2D eigenvalue weighted by Crippen LogP contribution is 2.33. The minimum absolute atomic E-state index is 0.00515. The summed E-state index contributed by atoms with van der Waals surface area (Å²) in [7, 11) is 0. The monoisotopic (exact) mass is 289 g/mol. The van der Waals surface area contributed by atoms with E-state index < -0.39 is 11.7 Å². The Morgan fingerprint density at radius 3 is 2.68 bits per heavy atom. The second-order valence-corrected chi connectivity index (χ2v) is 4.66. The zero-order valence-electron chi connectivity index (χ0n) is 9.86. The Kier molecular flexibility index (Phi) is 3.70. The van der Waals surface area contributed by atoms with E-state index in [-0.39, 0.29) is 17.1 Å². The molecule has 0 aliphatic rings. The first kappa shape index (κ1) is 13.7. The van der Waals surface area contributed by atoms with Crippen LogP contribution in [0.2, 0.25) is 0 Å². The van der Waals surface area contributed by atoms with Crippen molar-refractivity contribution in [3.63, 3.8) is 0 Å². The van der Waals surface area contributed by atoms with Gasteiger partial charge in [0.2, 0.25) is 0 Å². The van der Waals surface area contributed by atoms with Gasteiger partial charge in [0, 0.05) is 11.3 Å². The summed E-state index contributed by atoms with van der Waals surface area (Å²) in [5.74, 6) is 0.984. The number of rotatable bonds is 3. The number of halogens is 3. The molecule has 0 atom stereocenters. The van der Waals surface area contributed by atoms with Gasteiger partial charge in [-0.3, -0.25) is 0 Å². The van der Waals surface area contributed by atoms with Gasteiger partial charge < -0.3 is 10.3 Å². The van der Waals surface area contributed by atoms with Gasteiger partial charge in [-0.05, 0) is 24.5 Å². The van der Waals surface area contributed by atoms with E-state index in [1.807, 2.05) is 6.26 Å². The molecule has 0 radical (unpaired) electrons. The number of hydrogen-bond donors (Lipinski definition) is 1. The molecule has 102 valence electrons. The molecule has 0 amide bonds. The molecule has 4 nitrogen and oxygen atoms in total. The SMILES string of the molecule is CSCc1noc(-c2cc(N)cc(C(F)(F)F)c2)n1. The van der Waals surface area contributed by atoms with Crippen LogP contribution in [0.3, 0.4) is 0 Å². The molecular weight excluding hydrogens is 279 g/mol. The highest BCUT2D eigenvalue weighted by molar-refractivity contribution is 7.97. The van der Waals surface area contributed by atoms with Crippen LogP contribution in [0.4, 0.5) is 18.9 Å². The highest BCUT2D eigenvalue weighted by atomic mass is 32.2. The van der Waals surface area contributed by atoms with E-state index in [4.69, 9.17) is 10.3 Å². The molecule has 0 fully saturated rings. The van der Waals surface area contributed by atoms with Crippen LogP contribution in [0.25, 0.3) is 11.5 Å². The molecular formula is C11H10F3N3OS. The summed E-state index contributed by atoms with van der Waals surface area (Å²) >= 11 is 1.48. The molecule has 0 aliphatic carbocycles. The summed E-state index contributed by atoms with van der Waals surface area (Å²) in [5.41, 5.74) is 4.78. The first-order valence-electron chi connectivity index (χ1n) is 5.20. The molecule has 1 heterocycles. The number of thioether (sulfide) groups is 1. The van der Waals surface area contributed by atoms with E-state index >= 15 is 0 Å². The average molecular weight is 289 g/mol. The van der Waals surface area contributed by atoms with Crippen molar-refractivity contribution >= 4 is 17.4 Å². The molecule has 0 saturated heterocycles. The van der Waals surface area contributed by atoms with Crippen molar-refractivity contribution in [3.8, 4) is 11.5 Å². The van der Waals surface area contributed by atoms with E-state index in [1.165, 1.54) is 17.8 Å². The van der Waals surface area contributed by atoms with Crippen LogP contribution in [-0.2, 0) is 11.9 Å². The van der Waals surface area contributed by atoms with Crippen molar-refractivity contribution in [2.75, 3.05) is 12.0 Å². The fourth-order valence-corrected chi connectivity index (χ4v) is 1.87. The van der Waals surface area contributed by atoms with E-state index in [1.54, 1.807) is 0 Å². The number of benzene rings is 1. The van der Waals surface area contributed by atoms with Crippen LogP contribution in [0.15, 0.2) is 22.7 Å². The van der Waals surface area contributed by atoms with E-state index in [2.05, 4.69) is 10.1 Å². The van der Waals surface area contributed by atoms with E-state index in [9.17, 15) is 13.2 Å². The van der Waals surface area contributed by atoms with Crippen LogP contribution in [0.1, 0.15) is 11.4 Å². The van der Waals surface area contributed by atoms with Crippen molar-refractivity contribution in [2.45, 2.75) is 11.9 Å². The molecule has 2 N–H and O–H groups in total. The number of anilines is 1. The fourth-order valence-electron chi connectivity index (χ4n) is 1.50. The van der Waals surface area contributed by atoms with Crippen LogP contribution in [0.5, 0.6) is 0 Å². The molecule has 2 aromatic rings. The van der Waals surface area contributed by atoms with Crippen molar-refractivity contribution in [3.05, 3.63) is 29.6 Å². The number of alkyl halides is 3. The number of aromatic nitrogens is 2.